The van der Waals surface area contributed by atoms with Crippen LogP contribution in [0.4, 0.5) is 8.78 Å². The molecule has 1 saturated carbocycles. The lowest BCUT2D eigenvalue weighted by Gasteiger charge is -2.41. The van der Waals surface area contributed by atoms with Gasteiger partial charge in [0.2, 0.25) is 15.9 Å². The maximum atomic E-state index is 13.3. The fourth-order valence-corrected chi connectivity index (χ4v) is 6.78. The van der Waals surface area contributed by atoms with Crippen LogP contribution in [-0.2, 0) is 16.6 Å². The zero-order chi connectivity index (χ0) is 21.8. The molecule has 1 aromatic carbocycles. The number of rotatable bonds is 4. The Hall–Kier alpha value is -2.40. The highest BCUT2D eigenvalue weighted by Gasteiger charge is 2.44. The standard InChI is InChI=1S/C20H22F2N4O4S/c21-17(22)19-24-23-18(30-19)12-6-7-13-11-25(20(27)14(13)10-12)15-4-1-2-5-16(15)26-8-3-9-31(26,28)29/h6-7,10,15-17H,1-5,8-9,11H2/t15-,16-/m1/s1. The molecule has 1 saturated heterocycles. The summed E-state index contributed by atoms with van der Waals surface area (Å²) in [7, 11) is -3.28. The Balaban J connectivity index is 1.42. The number of benzene rings is 1. The number of carbonyl (C=O) groups is 1. The van der Waals surface area contributed by atoms with E-state index in [0.717, 1.165) is 31.2 Å². The van der Waals surface area contributed by atoms with Gasteiger partial charge in [-0.1, -0.05) is 18.9 Å². The number of nitrogens with zero attached hydrogens (tertiary/aromatic N) is 4. The lowest BCUT2D eigenvalue weighted by Crippen LogP contribution is -2.53. The number of amides is 1. The third kappa shape index (κ3) is 3.53. The van der Waals surface area contributed by atoms with Crippen LogP contribution in [0, 0.1) is 0 Å². The van der Waals surface area contributed by atoms with Gasteiger partial charge in [-0.2, -0.15) is 13.1 Å². The van der Waals surface area contributed by atoms with E-state index in [1.165, 1.54) is 0 Å². The fraction of sp³-hybridized carbons (Fsp3) is 0.550. The highest BCUT2D eigenvalue weighted by molar-refractivity contribution is 7.89. The van der Waals surface area contributed by atoms with E-state index in [0.29, 0.717) is 30.6 Å². The van der Waals surface area contributed by atoms with Crippen molar-refractivity contribution in [1.29, 1.82) is 0 Å². The van der Waals surface area contributed by atoms with E-state index in [1.54, 1.807) is 27.4 Å². The van der Waals surface area contributed by atoms with Gasteiger partial charge in [-0.05, 0) is 37.0 Å². The van der Waals surface area contributed by atoms with E-state index >= 15 is 0 Å². The quantitative estimate of drug-likeness (QED) is 0.708. The lowest BCUT2D eigenvalue weighted by molar-refractivity contribution is 0.0531. The average molecular weight is 452 g/mol. The maximum Gasteiger partial charge on any atom is 0.314 e. The Morgan fingerprint density at radius 2 is 1.87 bits per heavy atom. The molecule has 0 radical (unpaired) electrons. The Morgan fingerprint density at radius 3 is 2.55 bits per heavy atom. The molecule has 11 heteroatoms. The van der Waals surface area contributed by atoms with Gasteiger partial charge < -0.3 is 9.32 Å². The fourth-order valence-electron chi connectivity index (χ4n) is 4.99. The zero-order valence-electron chi connectivity index (χ0n) is 16.7. The third-order valence-corrected chi connectivity index (χ3v) is 8.39. The summed E-state index contributed by atoms with van der Waals surface area (Å²) in [5, 5.41) is 6.99. The van der Waals surface area contributed by atoms with Crippen molar-refractivity contribution in [1.82, 2.24) is 19.4 Å². The molecule has 5 rings (SSSR count). The SMILES string of the molecule is O=C1c2cc(-c3nnc(C(F)F)o3)ccc2CN1[C@@H]1CCCC[C@H]1N1CCCS1(=O)=O. The van der Waals surface area contributed by atoms with E-state index in [1.807, 2.05) is 0 Å². The average Bonchev–Trinajstić information content (AvgIpc) is 3.45. The van der Waals surface area contributed by atoms with Gasteiger partial charge in [-0.15, -0.1) is 10.2 Å². The van der Waals surface area contributed by atoms with Gasteiger partial charge in [0.25, 0.3) is 11.8 Å². The van der Waals surface area contributed by atoms with Gasteiger partial charge in [-0.25, -0.2) is 8.42 Å². The van der Waals surface area contributed by atoms with Crippen molar-refractivity contribution in [2.45, 2.75) is 57.2 Å². The molecule has 3 aliphatic rings. The second-order valence-electron chi connectivity index (χ2n) is 8.25. The van der Waals surface area contributed by atoms with Gasteiger partial charge in [0, 0.05) is 36.3 Å². The Morgan fingerprint density at radius 1 is 1.10 bits per heavy atom. The predicted octanol–water partition coefficient (Wildman–Crippen LogP) is 2.98. The van der Waals surface area contributed by atoms with Crippen LogP contribution in [-0.4, -0.2) is 58.1 Å². The Kier molecular flexibility index (Phi) is 5.04. The van der Waals surface area contributed by atoms with E-state index in [-0.39, 0.29) is 29.6 Å². The van der Waals surface area contributed by atoms with Crippen molar-refractivity contribution in [3.8, 4) is 11.5 Å². The first kappa shape index (κ1) is 20.5. The second kappa shape index (κ2) is 7.63. The smallest absolute Gasteiger partial charge is 0.314 e. The number of alkyl halides is 2. The van der Waals surface area contributed by atoms with Crippen LogP contribution >= 0.6 is 0 Å². The van der Waals surface area contributed by atoms with Crippen molar-refractivity contribution in [3.63, 3.8) is 0 Å². The van der Waals surface area contributed by atoms with Gasteiger partial charge in [0.05, 0.1) is 5.75 Å². The molecule has 31 heavy (non-hydrogen) atoms. The first-order chi connectivity index (χ1) is 14.8. The van der Waals surface area contributed by atoms with Gasteiger partial charge in [0.15, 0.2) is 0 Å². The maximum absolute atomic E-state index is 13.3. The Labute approximate surface area is 178 Å². The molecular weight excluding hydrogens is 430 g/mol. The third-order valence-electron chi connectivity index (χ3n) is 6.42. The molecule has 0 bridgehead atoms. The summed E-state index contributed by atoms with van der Waals surface area (Å²) in [6, 6.07) is 4.63. The molecule has 1 aromatic heterocycles. The molecule has 2 aromatic rings. The largest absolute Gasteiger partial charge is 0.415 e. The molecule has 2 atom stereocenters. The monoisotopic (exact) mass is 452 g/mol. The van der Waals surface area contributed by atoms with Crippen LogP contribution in [0.3, 0.4) is 0 Å². The van der Waals surface area contributed by atoms with Crippen molar-refractivity contribution >= 4 is 15.9 Å². The minimum atomic E-state index is -3.28. The van der Waals surface area contributed by atoms with Crippen molar-refractivity contribution < 1.29 is 26.4 Å². The van der Waals surface area contributed by atoms with Crippen LogP contribution < -0.4 is 0 Å². The molecule has 1 aliphatic carbocycles. The minimum Gasteiger partial charge on any atom is -0.415 e. The topological polar surface area (TPSA) is 96.6 Å². The van der Waals surface area contributed by atoms with Crippen LogP contribution in [0.25, 0.3) is 11.5 Å². The van der Waals surface area contributed by atoms with Crippen molar-refractivity contribution in [2.75, 3.05) is 12.3 Å². The molecule has 0 unspecified atom stereocenters. The van der Waals surface area contributed by atoms with Crippen LogP contribution in [0.2, 0.25) is 0 Å². The lowest BCUT2D eigenvalue weighted by atomic mass is 9.89. The summed E-state index contributed by atoms with van der Waals surface area (Å²) in [5.74, 6) is -0.847. The second-order valence-corrected chi connectivity index (χ2v) is 10.3. The van der Waals surface area contributed by atoms with Gasteiger partial charge in [0.1, 0.15) is 0 Å². The predicted molar refractivity (Wildman–Crippen MR) is 106 cm³/mol. The van der Waals surface area contributed by atoms with Crippen molar-refractivity contribution in [2.24, 2.45) is 0 Å². The molecule has 2 aliphatic heterocycles. The highest BCUT2D eigenvalue weighted by Crippen LogP contribution is 2.37. The van der Waals surface area contributed by atoms with E-state index in [9.17, 15) is 22.0 Å². The highest BCUT2D eigenvalue weighted by atomic mass is 32.2. The number of fused-ring (bicyclic) bond motifs is 1. The van der Waals surface area contributed by atoms with Crippen molar-refractivity contribution in [3.05, 3.63) is 35.2 Å². The molecule has 0 N–H and O–H groups in total. The number of hydrogen-bond donors (Lipinski definition) is 0. The Bertz CT molecular complexity index is 1120. The minimum absolute atomic E-state index is 0.0666. The summed E-state index contributed by atoms with van der Waals surface area (Å²) < 4.78 is 57.1. The van der Waals surface area contributed by atoms with E-state index < -0.39 is 22.3 Å². The number of hydrogen-bond acceptors (Lipinski definition) is 6. The zero-order valence-corrected chi connectivity index (χ0v) is 17.5. The number of halogens is 2. The normalized spacial score (nSPS) is 26.0. The summed E-state index contributed by atoms with van der Waals surface area (Å²) in [6.07, 6.45) is 1.14. The number of aromatic nitrogens is 2. The van der Waals surface area contributed by atoms with Gasteiger partial charge in [-0.3, -0.25) is 4.79 Å². The summed E-state index contributed by atoms with van der Waals surface area (Å²) in [5.41, 5.74) is 1.68. The molecule has 3 heterocycles. The summed E-state index contributed by atoms with van der Waals surface area (Å²) >= 11 is 0. The van der Waals surface area contributed by atoms with E-state index in [2.05, 4.69) is 10.2 Å². The van der Waals surface area contributed by atoms with Crippen LogP contribution in [0.5, 0.6) is 0 Å². The van der Waals surface area contributed by atoms with E-state index in [4.69, 9.17) is 4.42 Å². The molecule has 2 fully saturated rings. The molecule has 8 nitrogen and oxygen atoms in total. The molecule has 0 spiro atoms. The summed E-state index contributed by atoms with van der Waals surface area (Å²) in [4.78, 5) is 15.1. The summed E-state index contributed by atoms with van der Waals surface area (Å²) in [6.45, 7) is 0.905. The number of sulfonamides is 1. The molecule has 1 amide bonds. The first-order valence-corrected chi connectivity index (χ1v) is 12.0. The first-order valence-electron chi connectivity index (χ1n) is 10.4. The number of carbonyl (C=O) groups excluding carboxylic acids is 1. The molecular formula is C20H22F2N4O4S. The van der Waals surface area contributed by atoms with Crippen LogP contribution in [0.15, 0.2) is 22.6 Å². The molecule has 166 valence electrons. The van der Waals surface area contributed by atoms with Crippen LogP contribution in [0.1, 0.15) is 60.3 Å². The van der Waals surface area contributed by atoms with Gasteiger partial charge >= 0.3 is 6.43 Å².